The zero-order valence-electron chi connectivity index (χ0n) is 12.2. The molecule has 2 rings (SSSR count). The lowest BCUT2D eigenvalue weighted by Gasteiger charge is -2.15. The molecule has 1 atom stereocenters. The maximum atomic E-state index is 12.1. The van der Waals surface area contributed by atoms with Gasteiger partial charge in [0.25, 0.3) is 0 Å². The SMILES string of the molecule is CCc1ccc(N[C@H](C)C(=O)Nc2ccc(Br)cc2)cc1. The molecule has 0 heterocycles. The molecule has 0 bridgehead atoms. The minimum atomic E-state index is -0.305. The fourth-order valence-corrected chi connectivity index (χ4v) is 2.20. The van der Waals surface area contributed by atoms with Gasteiger partial charge in [0.15, 0.2) is 0 Å². The quantitative estimate of drug-likeness (QED) is 0.839. The smallest absolute Gasteiger partial charge is 0.246 e. The van der Waals surface area contributed by atoms with Gasteiger partial charge in [-0.2, -0.15) is 0 Å². The van der Waals surface area contributed by atoms with Gasteiger partial charge in [0.2, 0.25) is 5.91 Å². The van der Waals surface area contributed by atoms with Crippen LogP contribution in [0.5, 0.6) is 0 Å². The van der Waals surface area contributed by atoms with Crippen molar-refractivity contribution in [2.75, 3.05) is 10.6 Å². The predicted molar refractivity (Wildman–Crippen MR) is 91.7 cm³/mol. The number of benzene rings is 2. The summed E-state index contributed by atoms with van der Waals surface area (Å²) in [6.07, 6.45) is 1.01. The maximum Gasteiger partial charge on any atom is 0.246 e. The van der Waals surface area contributed by atoms with Crippen molar-refractivity contribution in [3.8, 4) is 0 Å². The summed E-state index contributed by atoms with van der Waals surface area (Å²) < 4.78 is 0.989. The van der Waals surface area contributed by atoms with Crippen molar-refractivity contribution in [1.82, 2.24) is 0 Å². The monoisotopic (exact) mass is 346 g/mol. The van der Waals surface area contributed by atoms with Crippen LogP contribution in [0.15, 0.2) is 53.0 Å². The number of carbonyl (C=O) groups is 1. The highest BCUT2D eigenvalue weighted by molar-refractivity contribution is 9.10. The Morgan fingerprint density at radius 2 is 1.62 bits per heavy atom. The summed E-state index contributed by atoms with van der Waals surface area (Å²) in [6, 6.07) is 15.4. The summed E-state index contributed by atoms with van der Waals surface area (Å²) in [6.45, 7) is 3.97. The molecule has 0 spiro atoms. The third-order valence-corrected chi connectivity index (χ3v) is 3.78. The van der Waals surface area contributed by atoms with Crippen molar-refractivity contribution in [3.63, 3.8) is 0 Å². The minimum absolute atomic E-state index is 0.0584. The molecular weight excluding hydrogens is 328 g/mol. The average Bonchev–Trinajstić information content (AvgIpc) is 2.50. The summed E-state index contributed by atoms with van der Waals surface area (Å²) in [5.41, 5.74) is 3.02. The van der Waals surface area contributed by atoms with E-state index in [4.69, 9.17) is 0 Å². The highest BCUT2D eigenvalue weighted by Crippen LogP contribution is 2.15. The molecule has 0 unspecified atom stereocenters. The van der Waals surface area contributed by atoms with Crippen LogP contribution in [0, 0.1) is 0 Å². The molecule has 0 aliphatic rings. The Balaban J connectivity index is 1.93. The van der Waals surface area contributed by atoms with E-state index in [0.717, 1.165) is 22.3 Å². The van der Waals surface area contributed by atoms with E-state index in [0.29, 0.717) is 0 Å². The van der Waals surface area contributed by atoms with E-state index >= 15 is 0 Å². The van der Waals surface area contributed by atoms with Gasteiger partial charge in [-0.15, -0.1) is 0 Å². The van der Waals surface area contributed by atoms with Gasteiger partial charge in [0.1, 0.15) is 6.04 Å². The first kappa shape index (κ1) is 15.6. The van der Waals surface area contributed by atoms with Gasteiger partial charge in [0, 0.05) is 15.8 Å². The zero-order valence-corrected chi connectivity index (χ0v) is 13.8. The lowest BCUT2D eigenvalue weighted by Crippen LogP contribution is -2.31. The Labute approximate surface area is 133 Å². The predicted octanol–water partition coefficient (Wildman–Crippen LogP) is 4.45. The number of halogens is 1. The Bertz CT molecular complexity index is 593. The number of hydrogen-bond donors (Lipinski definition) is 2. The number of carbonyl (C=O) groups excluding carboxylic acids is 1. The summed E-state index contributed by atoms with van der Waals surface area (Å²) >= 11 is 3.37. The van der Waals surface area contributed by atoms with E-state index in [2.05, 4.69) is 45.6 Å². The van der Waals surface area contributed by atoms with E-state index in [9.17, 15) is 4.79 Å². The van der Waals surface area contributed by atoms with Gasteiger partial charge in [-0.1, -0.05) is 35.0 Å². The van der Waals surface area contributed by atoms with Crippen LogP contribution >= 0.6 is 15.9 Å². The number of hydrogen-bond acceptors (Lipinski definition) is 2. The summed E-state index contributed by atoms with van der Waals surface area (Å²) in [5.74, 6) is -0.0584. The zero-order chi connectivity index (χ0) is 15.2. The van der Waals surface area contributed by atoms with Crippen LogP contribution in [-0.4, -0.2) is 11.9 Å². The summed E-state index contributed by atoms with van der Waals surface area (Å²) in [7, 11) is 0. The molecule has 0 fully saturated rings. The fourth-order valence-electron chi connectivity index (χ4n) is 1.94. The number of rotatable bonds is 5. The van der Waals surface area contributed by atoms with Crippen LogP contribution in [0.2, 0.25) is 0 Å². The van der Waals surface area contributed by atoms with Crippen LogP contribution < -0.4 is 10.6 Å². The third-order valence-electron chi connectivity index (χ3n) is 3.25. The fraction of sp³-hybridized carbons (Fsp3) is 0.235. The Hall–Kier alpha value is -1.81. The molecule has 0 aliphatic carbocycles. The molecule has 2 N–H and O–H groups in total. The maximum absolute atomic E-state index is 12.1. The Morgan fingerprint density at radius 3 is 2.19 bits per heavy atom. The molecule has 0 saturated heterocycles. The van der Waals surface area contributed by atoms with Crippen molar-refractivity contribution in [3.05, 3.63) is 58.6 Å². The Morgan fingerprint density at radius 1 is 1.05 bits per heavy atom. The van der Waals surface area contributed by atoms with E-state index < -0.39 is 0 Å². The van der Waals surface area contributed by atoms with Crippen molar-refractivity contribution in [2.24, 2.45) is 0 Å². The normalized spacial score (nSPS) is 11.8. The van der Waals surface area contributed by atoms with Crippen LogP contribution in [0.4, 0.5) is 11.4 Å². The van der Waals surface area contributed by atoms with Gasteiger partial charge in [-0.25, -0.2) is 0 Å². The minimum Gasteiger partial charge on any atom is -0.374 e. The standard InChI is InChI=1S/C17H19BrN2O/c1-3-13-4-8-15(9-5-13)19-12(2)17(21)20-16-10-6-14(18)7-11-16/h4-12,19H,3H2,1-2H3,(H,20,21)/t12-/m1/s1. The molecule has 110 valence electrons. The molecular formula is C17H19BrN2O. The second-order valence-corrected chi connectivity index (χ2v) is 5.83. The molecule has 3 nitrogen and oxygen atoms in total. The highest BCUT2D eigenvalue weighted by atomic mass is 79.9. The first-order chi connectivity index (χ1) is 10.1. The van der Waals surface area contributed by atoms with Gasteiger partial charge >= 0.3 is 0 Å². The topological polar surface area (TPSA) is 41.1 Å². The lowest BCUT2D eigenvalue weighted by molar-refractivity contribution is -0.116. The van der Waals surface area contributed by atoms with Crippen LogP contribution in [0.25, 0.3) is 0 Å². The summed E-state index contributed by atoms with van der Waals surface area (Å²) in [4.78, 5) is 12.1. The third kappa shape index (κ3) is 4.60. The van der Waals surface area contributed by atoms with Crippen LogP contribution in [-0.2, 0) is 11.2 Å². The molecule has 1 amide bonds. The van der Waals surface area contributed by atoms with Gasteiger partial charge in [0.05, 0.1) is 0 Å². The van der Waals surface area contributed by atoms with Crippen LogP contribution in [0.3, 0.4) is 0 Å². The highest BCUT2D eigenvalue weighted by Gasteiger charge is 2.12. The molecule has 4 heteroatoms. The van der Waals surface area contributed by atoms with E-state index in [-0.39, 0.29) is 11.9 Å². The van der Waals surface area contributed by atoms with Crippen molar-refractivity contribution in [2.45, 2.75) is 26.3 Å². The lowest BCUT2D eigenvalue weighted by atomic mass is 10.1. The number of anilines is 2. The second kappa shape index (κ2) is 7.27. The number of aryl methyl sites for hydroxylation is 1. The first-order valence-corrected chi connectivity index (χ1v) is 7.79. The molecule has 21 heavy (non-hydrogen) atoms. The van der Waals surface area contributed by atoms with Crippen molar-refractivity contribution >= 4 is 33.2 Å². The molecule has 0 saturated carbocycles. The van der Waals surface area contributed by atoms with Crippen molar-refractivity contribution in [1.29, 1.82) is 0 Å². The van der Waals surface area contributed by atoms with Gasteiger partial charge in [-0.3, -0.25) is 4.79 Å². The molecule has 0 aromatic heterocycles. The Kier molecular flexibility index (Phi) is 5.39. The number of nitrogens with one attached hydrogen (secondary N) is 2. The van der Waals surface area contributed by atoms with Crippen LogP contribution in [0.1, 0.15) is 19.4 Å². The van der Waals surface area contributed by atoms with Crippen molar-refractivity contribution < 1.29 is 4.79 Å². The van der Waals surface area contributed by atoms with E-state index in [1.807, 2.05) is 43.3 Å². The number of amides is 1. The first-order valence-electron chi connectivity index (χ1n) is 7.00. The van der Waals surface area contributed by atoms with Gasteiger partial charge in [-0.05, 0) is 55.3 Å². The summed E-state index contributed by atoms with van der Waals surface area (Å²) in [5, 5.41) is 6.09. The molecule has 2 aromatic rings. The molecule has 0 aliphatic heterocycles. The second-order valence-electron chi connectivity index (χ2n) is 4.91. The molecule has 0 radical (unpaired) electrons. The van der Waals surface area contributed by atoms with Gasteiger partial charge < -0.3 is 10.6 Å². The van der Waals surface area contributed by atoms with E-state index in [1.165, 1.54) is 5.56 Å². The average molecular weight is 347 g/mol. The molecule has 2 aromatic carbocycles. The largest absolute Gasteiger partial charge is 0.374 e. The van der Waals surface area contributed by atoms with E-state index in [1.54, 1.807) is 0 Å².